The number of nitrogens with one attached hydrogen (secondary N) is 2. The van der Waals surface area contributed by atoms with Crippen molar-refractivity contribution in [2.45, 2.75) is 31.3 Å². The van der Waals surface area contributed by atoms with E-state index in [0.717, 1.165) is 12.6 Å². The lowest BCUT2D eigenvalue weighted by Gasteiger charge is -2.45. The molecule has 0 unspecified atom stereocenters. The zero-order valence-electron chi connectivity index (χ0n) is 5.91. The Bertz CT molecular complexity index is 100. The van der Waals surface area contributed by atoms with Crippen molar-refractivity contribution in [2.75, 3.05) is 13.1 Å². The van der Waals surface area contributed by atoms with Crippen LogP contribution in [-0.4, -0.2) is 24.7 Å². The van der Waals surface area contributed by atoms with Crippen LogP contribution in [0.1, 0.15) is 19.8 Å². The summed E-state index contributed by atoms with van der Waals surface area (Å²) in [7, 11) is 0. The van der Waals surface area contributed by atoms with Crippen LogP contribution < -0.4 is 10.6 Å². The lowest BCUT2D eigenvalue weighted by atomic mass is 9.84. The van der Waals surface area contributed by atoms with Gasteiger partial charge in [-0.05, 0) is 19.8 Å². The van der Waals surface area contributed by atoms with E-state index in [4.69, 9.17) is 0 Å². The minimum absolute atomic E-state index is 0.425. The van der Waals surface area contributed by atoms with E-state index in [2.05, 4.69) is 17.6 Å². The largest absolute Gasteiger partial charge is 0.311 e. The Morgan fingerprint density at radius 3 is 2.67 bits per heavy atom. The molecule has 2 N–H and O–H groups in total. The molecule has 3 aliphatic rings. The van der Waals surface area contributed by atoms with Crippen LogP contribution in [0.2, 0.25) is 0 Å². The Morgan fingerprint density at radius 2 is 2.44 bits per heavy atom. The lowest BCUT2D eigenvalue weighted by molar-refractivity contribution is 0.167. The van der Waals surface area contributed by atoms with Gasteiger partial charge in [-0.1, -0.05) is 0 Å². The van der Waals surface area contributed by atoms with Crippen LogP contribution in [0.4, 0.5) is 0 Å². The summed E-state index contributed by atoms with van der Waals surface area (Å²) in [5.41, 5.74) is 0.425. The van der Waals surface area contributed by atoms with Crippen LogP contribution in [-0.2, 0) is 0 Å². The van der Waals surface area contributed by atoms with Gasteiger partial charge in [0.25, 0.3) is 0 Å². The molecule has 0 aliphatic carbocycles. The second kappa shape index (κ2) is 1.70. The van der Waals surface area contributed by atoms with E-state index in [-0.39, 0.29) is 0 Å². The van der Waals surface area contributed by atoms with Gasteiger partial charge in [0.2, 0.25) is 0 Å². The van der Waals surface area contributed by atoms with Crippen LogP contribution in [0.25, 0.3) is 0 Å². The summed E-state index contributed by atoms with van der Waals surface area (Å²) in [4.78, 5) is 0. The first-order valence-electron chi connectivity index (χ1n) is 3.77. The number of fused-ring (bicyclic) bond motifs is 3. The van der Waals surface area contributed by atoms with Crippen molar-refractivity contribution in [1.82, 2.24) is 10.6 Å². The first kappa shape index (κ1) is 5.69. The molecular formula is C7H14N2. The molecule has 0 radical (unpaired) electrons. The normalized spacial score (nSPS) is 49.7. The van der Waals surface area contributed by atoms with Crippen molar-refractivity contribution in [3.8, 4) is 0 Å². The SMILES string of the molecule is C[C@]12CC[C@@H](CN1)NC2. The Balaban J connectivity index is 2.11. The Hall–Kier alpha value is -0.0800. The van der Waals surface area contributed by atoms with E-state index >= 15 is 0 Å². The molecule has 9 heavy (non-hydrogen) atoms. The van der Waals surface area contributed by atoms with Crippen LogP contribution >= 0.6 is 0 Å². The fraction of sp³-hybridized carbons (Fsp3) is 1.00. The molecule has 2 atom stereocenters. The molecule has 0 amide bonds. The van der Waals surface area contributed by atoms with Gasteiger partial charge in [0.05, 0.1) is 0 Å². The van der Waals surface area contributed by atoms with Gasteiger partial charge in [-0.15, -0.1) is 0 Å². The summed E-state index contributed by atoms with van der Waals surface area (Å²) in [6.07, 6.45) is 2.72. The molecule has 3 rings (SSSR count). The molecule has 2 bridgehead atoms. The summed E-state index contributed by atoms with van der Waals surface area (Å²) in [6, 6.07) is 0.770. The van der Waals surface area contributed by atoms with Crippen molar-refractivity contribution in [2.24, 2.45) is 0 Å². The van der Waals surface area contributed by atoms with Crippen molar-refractivity contribution < 1.29 is 0 Å². The second-order valence-electron chi connectivity index (χ2n) is 3.56. The van der Waals surface area contributed by atoms with Crippen molar-refractivity contribution in [3.63, 3.8) is 0 Å². The van der Waals surface area contributed by atoms with Crippen LogP contribution in [0.5, 0.6) is 0 Å². The molecule has 3 aliphatic heterocycles. The summed E-state index contributed by atoms with van der Waals surface area (Å²) in [6.45, 7) is 4.64. The fourth-order valence-corrected chi connectivity index (χ4v) is 1.75. The van der Waals surface area contributed by atoms with Gasteiger partial charge in [-0.2, -0.15) is 0 Å². The van der Waals surface area contributed by atoms with Gasteiger partial charge in [-0.25, -0.2) is 0 Å². The van der Waals surface area contributed by atoms with Gasteiger partial charge < -0.3 is 10.6 Å². The highest BCUT2D eigenvalue weighted by Gasteiger charge is 2.35. The molecule has 0 saturated carbocycles. The maximum Gasteiger partial charge on any atom is 0.0279 e. The van der Waals surface area contributed by atoms with E-state index in [1.165, 1.54) is 19.4 Å². The van der Waals surface area contributed by atoms with Gasteiger partial charge in [0, 0.05) is 24.7 Å². The maximum absolute atomic E-state index is 3.53. The predicted octanol–water partition coefficient (Wildman–Crippen LogP) is 0.100. The second-order valence-corrected chi connectivity index (χ2v) is 3.56. The van der Waals surface area contributed by atoms with E-state index in [1.54, 1.807) is 0 Å². The Kier molecular flexibility index (Phi) is 1.08. The average Bonchev–Trinajstić information content (AvgIpc) is 1.90. The fourth-order valence-electron chi connectivity index (χ4n) is 1.75. The highest BCUT2D eigenvalue weighted by molar-refractivity contribution is 4.99. The molecule has 52 valence electrons. The average molecular weight is 126 g/mol. The standard InChI is InChI=1S/C7H14N2/c1-7-3-2-6(4-9-7)8-5-7/h6,8-9H,2-5H2,1H3/t6-,7+/m0/s1. The number of rotatable bonds is 0. The van der Waals surface area contributed by atoms with Crippen molar-refractivity contribution >= 4 is 0 Å². The highest BCUT2D eigenvalue weighted by Crippen LogP contribution is 2.22. The minimum atomic E-state index is 0.425. The quantitative estimate of drug-likeness (QED) is 0.481. The Morgan fingerprint density at radius 1 is 1.56 bits per heavy atom. The summed E-state index contributed by atoms with van der Waals surface area (Å²) in [5, 5.41) is 7.03. The molecule has 0 spiro atoms. The number of piperazine rings is 1. The first-order chi connectivity index (χ1) is 4.29. The third-order valence-corrected chi connectivity index (χ3v) is 2.60. The molecule has 0 aromatic carbocycles. The molecule has 3 saturated heterocycles. The van der Waals surface area contributed by atoms with Crippen LogP contribution in [0.3, 0.4) is 0 Å². The topological polar surface area (TPSA) is 24.1 Å². The van der Waals surface area contributed by atoms with E-state index in [9.17, 15) is 0 Å². The van der Waals surface area contributed by atoms with Crippen molar-refractivity contribution in [1.29, 1.82) is 0 Å². The van der Waals surface area contributed by atoms with E-state index in [0.29, 0.717) is 5.54 Å². The molecule has 0 aromatic heterocycles. The minimum Gasteiger partial charge on any atom is -0.311 e. The predicted molar refractivity (Wildman–Crippen MR) is 37.4 cm³/mol. The Labute approximate surface area is 56.0 Å². The molecule has 2 heteroatoms. The van der Waals surface area contributed by atoms with Crippen LogP contribution in [0, 0.1) is 0 Å². The van der Waals surface area contributed by atoms with Gasteiger partial charge >= 0.3 is 0 Å². The van der Waals surface area contributed by atoms with Gasteiger partial charge in [-0.3, -0.25) is 0 Å². The number of piperidine rings is 2. The van der Waals surface area contributed by atoms with Crippen molar-refractivity contribution in [3.05, 3.63) is 0 Å². The summed E-state index contributed by atoms with van der Waals surface area (Å²) >= 11 is 0. The zero-order chi connectivity index (χ0) is 6.32. The summed E-state index contributed by atoms with van der Waals surface area (Å²) < 4.78 is 0. The van der Waals surface area contributed by atoms with E-state index < -0.39 is 0 Å². The molecule has 3 fully saturated rings. The molecule has 0 aromatic rings. The third kappa shape index (κ3) is 0.864. The zero-order valence-corrected chi connectivity index (χ0v) is 5.91. The first-order valence-corrected chi connectivity index (χ1v) is 3.77. The summed E-state index contributed by atoms with van der Waals surface area (Å²) in [5.74, 6) is 0. The van der Waals surface area contributed by atoms with E-state index in [1.807, 2.05) is 0 Å². The lowest BCUT2D eigenvalue weighted by Crippen LogP contribution is -2.66. The number of hydrogen-bond donors (Lipinski definition) is 2. The monoisotopic (exact) mass is 126 g/mol. The third-order valence-electron chi connectivity index (χ3n) is 2.60. The maximum atomic E-state index is 3.53. The van der Waals surface area contributed by atoms with Gasteiger partial charge in [0.15, 0.2) is 0 Å². The molecular weight excluding hydrogens is 112 g/mol. The smallest absolute Gasteiger partial charge is 0.0279 e. The molecule has 2 nitrogen and oxygen atoms in total. The molecule has 3 heterocycles. The van der Waals surface area contributed by atoms with Gasteiger partial charge in [0.1, 0.15) is 0 Å². The highest BCUT2D eigenvalue weighted by atomic mass is 15.1. The van der Waals surface area contributed by atoms with Crippen LogP contribution in [0.15, 0.2) is 0 Å². The number of hydrogen-bond acceptors (Lipinski definition) is 2.